The van der Waals surface area contributed by atoms with Gasteiger partial charge in [0.2, 0.25) is 0 Å². The van der Waals surface area contributed by atoms with Gasteiger partial charge in [0.05, 0.1) is 5.69 Å². The van der Waals surface area contributed by atoms with Crippen molar-refractivity contribution < 1.29 is 0 Å². The van der Waals surface area contributed by atoms with Crippen LogP contribution in [0.4, 0.5) is 0 Å². The molecule has 0 N–H and O–H groups in total. The van der Waals surface area contributed by atoms with Crippen molar-refractivity contribution in [2.45, 2.75) is 20.8 Å². The van der Waals surface area contributed by atoms with E-state index >= 15 is 0 Å². The molecule has 0 bridgehead atoms. The van der Waals surface area contributed by atoms with Crippen LogP contribution in [0, 0.1) is 20.8 Å². The van der Waals surface area contributed by atoms with Crippen molar-refractivity contribution in [3.8, 4) is 11.3 Å². The maximum Gasteiger partial charge on any atom is 0.0713 e. The van der Waals surface area contributed by atoms with E-state index in [0.717, 1.165) is 5.69 Å². The van der Waals surface area contributed by atoms with E-state index in [2.05, 4.69) is 68.2 Å². The van der Waals surface area contributed by atoms with Gasteiger partial charge in [-0.15, -0.1) is 0 Å². The standard InChI is InChI=1S/C18H17N/c1-12-8-9-15-6-4-5-7-16(15)18(12)17-10-13(2)14(3)11-19-17/h4-11H,1-3H3. The molecule has 0 unspecified atom stereocenters. The van der Waals surface area contributed by atoms with Crippen LogP contribution in [0.15, 0.2) is 48.7 Å². The van der Waals surface area contributed by atoms with E-state index in [0.29, 0.717) is 0 Å². The lowest BCUT2D eigenvalue weighted by molar-refractivity contribution is 1.22. The summed E-state index contributed by atoms with van der Waals surface area (Å²) in [6, 6.07) is 15.0. The first-order chi connectivity index (χ1) is 9.16. The molecule has 0 saturated heterocycles. The molecule has 1 heteroatoms. The van der Waals surface area contributed by atoms with Crippen molar-refractivity contribution in [2.75, 3.05) is 0 Å². The minimum atomic E-state index is 1.07. The molecule has 0 atom stereocenters. The monoisotopic (exact) mass is 247 g/mol. The third-order valence-electron chi connectivity index (χ3n) is 3.77. The maximum absolute atomic E-state index is 4.62. The molecule has 0 spiro atoms. The molecule has 1 aromatic heterocycles. The number of nitrogens with zero attached hydrogens (tertiary/aromatic N) is 1. The molecular weight excluding hydrogens is 230 g/mol. The molecule has 0 radical (unpaired) electrons. The van der Waals surface area contributed by atoms with E-state index in [1.54, 1.807) is 0 Å². The van der Waals surface area contributed by atoms with E-state index in [9.17, 15) is 0 Å². The third kappa shape index (κ3) is 2.01. The van der Waals surface area contributed by atoms with E-state index in [-0.39, 0.29) is 0 Å². The van der Waals surface area contributed by atoms with Crippen molar-refractivity contribution in [3.05, 3.63) is 65.4 Å². The number of fused-ring (bicyclic) bond motifs is 1. The number of pyridine rings is 1. The fourth-order valence-corrected chi connectivity index (χ4v) is 2.48. The number of hydrogen-bond donors (Lipinski definition) is 0. The molecule has 0 fully saturated rings. The highest BCUT2D eigenvalue weighted by Gasteiger charge is 2.09. The summed E-state index contributed by atoms with van der Waals surface area (Å²) in [5, 5.41) is 2.54. The summed E-state index contributed by atoms with van der Waals surface area (Å²) >= 11 is 0. The van der Waals surface area contributed by atoms with Gasteiger partial charge in [-0.3, -0.25) is 4.98 Å². The molecule has 0 aliphatic heterocycles. The molecule has 0 aliphatic rings. The molecule has 19 heavy (non-hydrogen) atoms. The summed E-state index contributed by atoms with van der Waals surface area (Å²) in [6.45, 7) is 6.39. The van der Waals surface area contributed by atoms with Gasteiger partial charge in [0.1, 0.15) is 0 Å². The summed E-state index contributed by atoms with van der Waals surface area (Å²) < 4.78 is 0. The Kier molecular flexibility index (Phi) is 2.83. The predicted molar refractivity (Wildman–Crippen MR) is 81.4 cm³/mol. The molecule has 1 heterocycles. The average molecular weight is 247 g/mol. The van der Waals surface area contributed by atoms with Crippen LogP contribution in [0.3, 0.4) is 0 Å². The lowest BCUT2D eigenvalue weighted by Crippen LogP contribution is -1.92. The summed E-state index contributed by atoms with van der Waals surface area (Å²) in [6.07, 6.45) is 1.96. The first kappa shape index (κ1) is 11.9. The van der Waals surface area contributed by atoms with Crippen molar-refractivity contribution in [2.24, 2.45) is 0 Å². The molecular formula is C18H17N. The Morgan fingerprint density at radius 1 is 0.789 bits per heavy atom. The van der Waals surface area contributed by atoms with E-state index < -0.39 is 0 Å². The normalized spacial score (nSPS) is 10.9. The Morgan fingerprint density at radius 2 is 1.58 bits per heavy atom. The first-order valence-corrected chi connectivity index (χ1v) is 6.59. The Bertz CT molecular complexity index is 757. The summed E-state index contributed by atoms with van der Waals surface area (Å²) in [5.41, 5.74) is 6.12. The topological polar surface area (TPSA) is 12.9 Å². The number of benzene rings is 2. The SMILES string of the molecule is Cc1cnc(-c2c(C)ccc3ccccc23)cc1C. The van der Waals surface area contributed by atoms with Crippen LogP contribution in [0.25, 0.3) is 22.0 Å². The largest absolute Gasteiger partial charge is 0.256 e. The maximum atomic E-state index is 4.62. The third-order valence-corrected chi connectivity index (χ3v) is 3.77. The molecule has 0 amide bonds. The fourth-order valence-electron chi connectivity index (χ4n) is 2.48. The van der Waals surface area contributed by atoms with Crippen LogP contribution in [-0.4, -0.2) is 4.98 Å². The second-order valence-electron chi connectivity index (χ2n) is 5.13. The Balaban J connectivity index is 2.34. The van der Waals surface area contributed by atoms with Crippen molar-refractivity contribution in [1.29, 1.82) is 0 Å². The van der Waals surface area contributed by atoms with Crippen LogP contribution in [-0.2, 0) is 0 Å². The smallest absolute Gasteiger partial charge is 0.0713 e. The van der Waals surface area contributed by atoms with Crippen LogP contribution in [0.5, 0.6) is 0 Å². The average Bonchev–Trinajstić information content (AvgIpc) is 2.42. The first-order valence-electron chi connectivity index (χ1n) is 6.59. The van der Waals surface area contributed by atoms with Gasteiger partial charge in [-0.05, 0) is 54.3 Å². The quantitative estimate of drug-likeness (QED) is 0.600. The van der Waals surface area contributed by atoms with Crippen molar-refractivity contribution in [1.82, 2.24) is 4.98 Å². The van der Waals surface area contributed by atoms with Gasteiger partial charge in [0.15, 0.2) is 0 Å². The lowest BCUT2D eigenvalue weighted by atomic mass is 9.96. The molecule has 0 saturated carbocycles. The predicted octanol–water partition coefficient (Wildman–Crippen LogP) is 4.83. The van der Waals surface area contributed by atoms with E-state index in [1.807, 2.05) is 6.20 Å². The number of aromatic nitrogens is 1. The second-order valence-corrected chi connectivity index (χ2v) is 5.13. The van der Waals surface area contributed by atoms with Crippen LogP contribution in [0.1, 0.15) is 16.7 Å². The summed E-state index contributed by atoms with van der Waals surface area (Å²) in [5.74, 6) is 0. The zero-order valence-electron chi connectivity index (χ0n) is 11.6. The van der Waals surface area contributed by atoms with Crippen LogP contribution >= 0.6 is 0 Å². The van der Waals surface area contributed by atoms with Gasteiger partial charge >= 0.3 is 0 Å². The molecule has 3 rings (SSSR count). The molecule has 2 aromatic carbocycles. The molecule has 94 valence electrons. The van der Waals surface area contributed by atoms with Gasteiger partial charge in [-0.25, -0.2) is 0 Å². The minimum Gasteiger partial charge on any atom is -0.256 e. The molecule has 0 aliphatic carbocycles. The summed E-state index contributed by atoms with van der Waals surface area (Å²) in [4.78, 5) is 4.62. The lowest BCUT2D eigenvalue weighted by Gasteiger charge is -2.11. The molecule has 3 aromatic rings. The highest BCUT2D eigenvalue weighted by atomic mass is 14.7. The van der Waals surface area contributed by atoms with Gasteiger partial charge in [-0.1, -0.05) is 36.4 Å². The zero-order chi connectivity index (χ0) is 13.4. The second kappa shape index (κ2) is 4.51. The Morgan fingerprint density at radius 3 is 2.37 bits per heavy atom. The van der Waals surface area contributed by atoms with Gasteiger partial charge in [-0.2, -0.15) is 0 Å². The Labute approximate surface area is 113 Å². The highest BCUT2D eigenvalue weighted by Crippen LogP contribution is 2.31. The number of aryl methyl sites for hydroxylation is 3. The molecule has 1 nitrogen and oxygen atoms in total. The van der Waals surface area contributed by atoms with Gasteiger partial charge < -0.3 is 0 Å². The van der Waals surface area contributed by atoms with Crippen molar-refractivity contribution in [3.63, 3.8) is 0 Å². The highest BCUT2D eigenvalue weighted by molar-refractivity contribution is 5.97. The van der Waals surface area contributed by atoms with Crippen molar-refractivity contribution >= 4 is 10.8 Å². The summed E-state index contributed by atoms with van der Waals surface area (Å²) in [7, 11) is 0. The number of rotatable bonds is 1. The Hall–Kier alpha value is -2.15. The zero-order valence-corrected chi connectivity index (χ0v) is 11.6. The van der Waals surface area contributed by atoms with Gasteiger partial charge in [0, 0.05) is 11.8 Å². The number of hydrogen-bond acceptors (Lipinski definition) is 1. The van der Waals surface area contributed by atoms with Crippen LogP contribution in [0.2, 0.25) is 0 Å². The van der Waals surface area contributed by atoms with Crippen LogP contribution < -0.4 is 0 Å². The van der Waals surface area contributed by atoms with Gasteiger partial charge in [0.25, 0.3) is 0 Å². The van der Waals surface area contributed by atoms with E-state index in [4.69, 9.17) is 0 Å². The van der Waals surface area contributed by atoms with E-state index in [1.165, 1.54) is 33.0 Å². The minimum absolute atomic E-state index is 1.07. The fraction of sp³-hybridized carbons (Fsp3) is 0.167.